The van der Waals surface area contributed by atoms with E-state index in [1.807, 2.05) is 30.3 Å². The van der Waals surface area contributed by atoms with Gasteiger partial charge in [-0.1, -0.05) is 30.0 Å². The summed E-state index contributed by atoms with van der Waals surface area (Å²) in [6.45, 7) is 0.507. The summed E-state index contributed by atoms with van der Waals surface area (Å²) in [5.41, 5.74) is 6.55. The van der Waals surface area contributed by atoms with Gasteiger partial charge in [0, 0.05) is 6.54 Å². The summed E-state index contributed by atoms with van der Waals surface area (Å²) < 4.78 is 0. The third-order valence-corrected chi connectivity index (χ3v) is 4.21. The molecule has 110 valence electrons. The van der Waals surface area contributed by atoms with Gasteiger partial charge < -0.3 is 5.11 Å². The van der Waals surface area contributed by atoms with E-state index in [2.05, 4.69) is 15.8 Å². The van der Waals surface area contributed by atoms with Crippen LogP contribution in [-0.4, -0.2) is 40.6 Å². The van der Waals surface area contributed by atoms with Crippen LogP contribution in [-0.2, 0) is 9.59 Å². The van der Waals surface area contributed by atoms with E-state index in [9.17, 15) is 9.59 Å². The molecule has 0 saturated carbocycles. The second-order valence-electron chi connectivity index (χ2n) is 4.68. The number of nitrogens with one attached hydrogen (secondary N) is 2. The minimum Gasteiger partial charge on any atom is -0.481 e. The number of thioether (sulfide) groups is 1. The van der Waals surface area contributed by atoms with E-state index in [0.717, 1.165) is 11.8 Å². The van der Waals surface area contributed by atoms with Crippen molar-refractivity contribution in [3.05, 3.63) is 30.3 Å². The number of anilines is 1. The Bertz CT molecular complexity index is 592. The molecule has 1 fully saturated rings. The van der Waals surface area contributed by atoms with Gasteiger partial charge in [-0.25, -0.2) is 10.4 Å². The Balaban J connectivity index is 1.94. The van der Waals surface area contributed by atoms with Crippen LogP contribution in [0.4, 0.5) is 5.69 Å². The average molecular weight is 306 g/mol. The Kier molecular flexibility index (Phi) is 3.91. The first-order valence-electron chi connectivity index (χ1n) is 6.46. The lowest BCUT2D eigenvalue weighted by Gasteiger charge is -2.32. The van der Waals surface area contributed by atoms with Crippen molar-refractivity contribution in [2.45, 2.75) is 6.17 Å². The molecule has 0 spiro atoms. The zero-order valence-electron chi connectivity index (χ0n) is 11.0. The molecule has 2 atom stereocenters. The smallest absolute Gasteiger partial charge is 0.313 e. The number of rotatable bonds is 3. The summed E-state index contributed by atoms with van der Waals surface area (Å²) in [7, 11) is 0. The number of carbonyl (C=O) groups is 2. The first kappa shape index (κ1) is 14.1. The largest absolute Gasteiger partial charge is 0.481 e. The summed E-state index contributed by atoms with van der Waals surface area (Å²) in [4.78, 5) is 29.4. The zero-order chi connectivity index (χ0) is 14.8. The molecule has 1 amide bonds. The van der Waals surface area contributed by atoms with Gasteiger partial charge in [-0.05, 0) is 12.1 Å². The summed E-state index contributed by atoms with van der Waals surface area (Å²) in [6.07, 6.45) is -0.339. The van der Waals surface area contributed by atoms with Crippen LogP contribution in [0.15, 0.2) is 35.3 Å². The molecule has 0 aromatic heterocycles. The molecule has 8 heteroatoms. The van der Waals surface area contributed by atoms with Crippen molar-refractivity contribution in [3.63, 3.8) is 0 Å². The van der Waals surface area contributed by atoms with E-state index >= 15 is 0 Å². The van der Waals surface area contributed by atoms with Gasteiger partial charge in [-0.2, -0.15) is 0 Å². The summed E-state index contributed by atoms with van der Waals surface area (Å²) >= 11 is 1.05. The van der Waals surface area contributed by atoms with Crippen molar-refractivity contribution in [2.75, 3.05) is 17.2 Å². The molecule has 0 radical (unpaired) electrons. The predicted molar refractivity (Wildman–Crippen MR) is 79.9 cm³/mol. The highest BCUT2D eigenvalue weighted by molar-refractivity contribution is 8.14. The molecule has 2 aliphatic heterocycles. The highest BCUT2D eigenvalue weighted by atomic mass is 32.2. The molecule has 0 bridgehead atoms. The zero-order valence-corrected chi connectivity index (χ0v) is 11.8. The maximum atomic E-state index is 12.7. The Morgan fingerprint density at radius 2 is 2.19 bits per heavy atom. The van der Waals surface area contributed by atoms with Gasteiger partial charge in [-0.3, -0.25) is 19.9 Å². The monoisotopic (exact) mass is 306 g/mol. The molecule has 21 heavy (non-hydrogen) atoms. The summed E-state index contributed by atoms with van der Waals surface area (Å²) in [6, 6.07) is 9.15. The number of fused-ring (bicyclic) bond motifs is 1. The second kappa shape index (κ2) is 5.84. The molecule has 7 nitrogen and oxygen atoms in total. The van der Waals surface area contributed by atoms with E-state index < -0.39 is 5.97 Å². The number of hydrogen-bond donors (Lipinski definition) is 3. The quantitative estimate of drug-likeness (QED) is 0.741. The van der Waals surface area contributed by atoms with Crippen molar-refractivity contribution in [2.24, 2.45) is 10.9 Å². The SMILES string of the molecule is O=C(O)CSC1=NC2NNCC2C(=O)N1c1ccccc1. The van der Waals surface area contributed by atoms with Crippen LogP contribution in [0.1, 0.15) is 0 Å². The van der Waals surface area contributed by atoms with Gasteiger partial charge in [0.25, 0.3) is 0 Å². The Morgan fingerprint density at radius 3 is 2.90 bits per heavy atom. The number of nitrogens with zero attached hydrogens (tertiary/aromatic N) is 2. The lowest BCUT2D eigenvalue weighted by molar-refractivity contribution is -0.134. The van der Waals surface area contributed by atoms with Crippen LogP contribution >= 0.6 is 11.8 Å². The third kappa shape index (κ3) is 2.78. The summed E-state index contributed by atoms with van der Waals surface area (Å²) in [5.74, 6) is -1.44. The topological polar surface area (TPSA) is 94.0 Å². The van der Waals surface area contributed by atoms with Crippen LogP contribution in [0.3, 0.4) is 0 Å². The first-order valence-corrected chi connectivity index (χ1v) is 7.45. The fourth-order valence-electron chi connectivity index (χ4n) is 2.31. The van der Waals surface area contributed by atoms with Crippen LogP contribution in [0, 0.1) is 5.92 Å². The van der Waals surface area contributed by atoms with Crippen molar-refractivity contribution in [3.8, 4) is 0 Å². The lowest BCUT2D eigenvalue weighted by Crippen LogP contribution is -2.49. The van der Waals surface area contributed by atoms with Gasteiger partial charge >= 0.3 is 5.97 Å². The number of hydrazine groups is 1. The van der Waals surface area contributed by atoms with Gasteiger partial charge in [0.15, 0.2) is 5.17 Å². The molecule has 1 aromatic carbocycles. The molecular weight excluding hydrogens is 292 g/mol. The molecule has 0 aliphatic carbocycles. The fourth-order valence-corrected chi connectivity index (χ4v) is 3.08. The normalized spacial score (nSPS) is 24.7. The number of hydrogen-bond acceptors (Lipinski definition) is 6. The van der Waals surface area contributed by atoms with E-state index in [0.29, 0.717) is 17.4 Å². The number of benzene rings is 1. The van der Waals surface area contributed by atoms with E-state index in [-0.39, 0.29) is 23.7 Å². The molecule has 2 aliphatic rings. The van der Waals surface area contributed by atoms with Crippen LogP contribution in [0.5, 0.6) is 0 Å². The molecule has 3 rings (SSSR count). The lowest BCUT2D eigenvalue weighted by atomic mass is 10.1. The minimum absolute atomic E-state index is 0.0772. The number of carboxylic acids is 1. The Hall–Kier alpha value is -1.90. The van der Waals surface area contributed by atoms with E-state index in [1.54, 1.807) is 0 Å². The fraction of sp³-hybridized carbons (Fsp3) is 0.308. The number of carbonyl (C=O) groups excluding carboxylic acids is 1. The van der Waals surface area contributed by atoms with E-state index in [4.69, 9.17) is 5.11 Å². The summed E-state index contributed by atoms with van der Waals surface area (Å²) in [5, 5.41) is 9.26. The predicted octanol–water partition coefficient (Wildman–Crippen LogP) is 0.257. The van der Waals surface area contributed by atoms with Crippen molar-refractivity contribution in [1.29, 1.82) is 0 Å². The standard InChI is InChI=1S/C13H14N4O3S/c18-10(19)7-21-13-15-11-9(6-14-16-11)12(20)17(13)8-4-2-1-3-5-8/h1-5,9,11,14,16H,6-7H2,(H,18,19). The first-order chi connectivity index (χ1) is 10.2. The number of aliphatic carboxylic acids is 1. The molecule has 2 unspecified atom stereocenters. The minimum atomic E-state index is -0.942. The third-order valence-electron chi connectivity index (χ3n) is 3.27. The number of amidine groups is 1. The Labute approximate surface area is 125 Å². The van der Waals surface area contributed by atoms with Crippen LogP contribution in [0.25, 0.3) is 0 Å². The molecular formula is C13H14N4O3S. The second-order valence-corrected chi connectivity index (χ2v) is 5.62. The maximum Gasteiger partial charge on any atom is 0.313 e. The molecule has 3 N–H and O–H groups in total. The van der Waals surface area contributed by atoms with Crippen LogP contribution < -0.4 is 15.8 Å². The highest BCUT2D eigenvalue weighted by Crippen LogP contribution is 2.28. The molecule has 2 heterocycles. The van der Waals surface area contributed by atoms with Gasteiger partial charge in [-0.15, -0.1) is 0 Å². The van der Waals surface area contributed by atoms with Crippen molar-refractivity contribution < 1.29 is 14.7 Å². The van der Waals surface area contributed by atoms with E-state index in [1.165, 1.54) is 4.90 Å². The highest BCUT2D eigenvalue weighted by Gasteiger charge is 2.42. The molecule has 1 saturated heterocycles. The number of aliphatic imine (C=N–C) groups is 1. The van der Waals surface area contributed by atoms with Crippen LogP contribution in [0.2, 0.25) is 0 Å². The van der Waals surface area contributed by atoms with Crippen molar-refractivity contribution in [1.82, 2.24) is 10.9 Å². The number of para-hydroxylation sites is 1. The van der Waals surface area contributed by atoms with Gasteiger partial charge in [0.05, 0.1) is 17.4 Å². The number of carboxylic acid groups (broad SMARTS) is 1. The van der Waals surface area contributed by atoms with Gasteiger partial charge in [0.1, 0.15) is 6.17 Å². The Morgan fingerprint density at radius 1 is 1.43 bits per heavy atom. The average Bonchev–Trinajstić information content (AvgIpc) is 2.95. The number of amides is 1. The molecule has 1 aromatic rings. The maximum absolute atomic E-state index is 12.7. The van der Waals surface area contributed by atoms with Crippen molar-refractivity contribution >= 4 is 34.5 Å². The van der Waals surface area contributed by atoms with Gasteiger partial charge in [0.2, 0.25) is 5.91 Å².